The first kappa shape index (κ1) is 23.8. The molecule has 2 aromatic heterocycles. The fourth-order valence-electron chi connectivity index (χ4n) is 6.19. The molecule has 196 valence electrons. The Morgan fingerprint density at radius 1 is 0.650 bits per heavy atom. The van der Waals surface area contributed by atoms with E-state index in [9.17, 15) is 4.57 Å². The molecule has 0 saturated heterocycles. The van der Waals surface area contributed by atoms with Crippen molar-refractivity contribution in [1.82, 2.24) is 8.96 Å². The largest absolute Gasteiger partial charge is 0.568 e. The molecule has 10 heteroatoms. The van der Waals surface area contributed by atoms with Gasteiger partial charge in [-0.1, -0.05) is 86.6 Å². The van der Waals surface area contributed by atoms with Crippen molar-refractivity contribution in [1.29, 1.82) is 0 Å². The van der Waals surface area contributed by atoms with Gasteiger partial charge >= 0.3 is 7.19 Å². The van der Waals surface area contributed by atoms with Crippen molar-refractivity contribution in [3.05, 3.63) is 94.9 Å². The molecule has 8 nitrogen and oxygen atoms in total. The minimum Gasteiger partial charge on any atom is -0.346 e. The maximum absolute atomic E-state index is 14.4. The van der Waals surface area contributed by atoms with E-state index in [1.54, 1.807) is 0 Å². The van der Waals surface area contributed by atoms with E-state index in [1.165, 1.54) is 0 Å². The van der Waals surface area contributed by atoms with Crippen LogP contribution in [0.2, 0.25) is 0 Å². The summed E-state index contributed by atoms with van der Waals surface area (Å²) in [5.74, 6) is 2.61. The average Bonchev–Trinajstić information content (AvgIpc) is 3.59. The highest BCUT2D eigenvalue weighted by molar-refractivity contribution is 7.60. The third-order valence-corrected chi connectivity index (χ3v) is 10.7. The van der Waals surface area contributed by atoms with Gasteiger partial charge in [0.05, 0.1) is 0 Å². The summed E-state index contributed by atoms with van der Waals surface area (Å²) in [6, 6.07) is 24.3. The topological polar surface area (TPSA) is 85.6 Å². The molecule has 0 N–H and O–H groups in total. The van der Waals surface area contributed by atoms with Crippen LogP contribution >= 0.6 is 7.37 Å². The van der Waals surface area contributed by atoms with Crippen LogP contribution in [0.5, 0.6) is 0 Å². The maximum atomic E-state index is 14.4. The van der Waals surface area contributed by atoms with Gasteiger partial charge in [0.25, 0.3) is 0 Å². The van der Waals surface area contributed by atoms with E-state index in [4.69, 9.17) is 24.4 Å². The Morgan fingerprint density at radius 3 is 1.75 bits per heavy atom. The van der Waals surface area contributed by atoms with Crippen LogP contribution < -0.4 is 11.0 Å². The molecule has 8 rings (SSSR count). The van der Waals surface area contributed by atoms with Gasteiger partial charge in [-0.15, -0.1) is 0 Å². The molecule has 0 unspecified atom stereocenters. The van der Waals surface area contributed by atoms with Crippen LogP contribution in [0, 0.1) is 0 Å². The van der Waals surface area contributed by atoms with Gasteiger partial charge in [-0.05, 0) is 12.8 Å². The van der Waals surface area contributed by atoms with E-state index in [0.29, 0.717) is 35.3 Å². The third-order valence-electron chi connectivity index (χ3n) is 7.84. The fourth-order valence-corrected chi connectivity index (χ4v) is 8.52. The van der Waals surface area contributed by atoms with Crippen molar-refractivity contribution in [2.45, 2.75) is 26.7 Å². The summed E-state index contributed by atoms with van der Waals surface area (Å²) in [6.45, 7) is 4.10. The van der Waals surface area contributed by atoms with Crippen LogP contribution in [0.3, 0.4) is 0 Å². The van der Waals surface area contributed by atoms with Gasteiger partial charge in [-0.25, -0.2) is 20.0 Å². The van der Waals surface area contributed by atoms with E-state index in [2.05, 4.69) is 38.1 Å². The standard InChI is InChI=1S/C30H26BN6O2P/c1-3-17-40(38,18-4-2)39-31-36-27-21-13-7-9-15-23(21)29(36)35-30-24-16-10-8-14-22(24)28(37(30)31)34-26-20-12-6-5-11-19(20)25(32-26)33-27/h5-16H,3-4,17-18H2,1-2H3. The lowest BCUT2D eigenvalue weighted by Crippen LogP contribution is -2.50. The Kier molecular flexibility index (Phi) is 5.18. The summed E-state index contributed by atoms with van der Waals surface area (Å²) in [4.78, 5) is 20.5. The molecule has 3 aromatic carbocycles. The molecular formula is C30H26BN6O2P. The first-order valence-electron chi connectivity index (χ1n) is 13.8. The maximum Gasteiger partial charge on any atom is 0.568 e. The van der Waals surface area contributed by atoms with Crippen molar-refractivity contribution in [2.24, 2.45) is 20.0 Å². The van der Waals surface area contributed by atoms with Crippen LogP contribution in [-0.4, -0.2) is 40.1 Å². The third kappa shape index (κ3) is 3.28. The molecule has 0 amide bonds. The van der Waals surface area contributed by atoms with Gasteiger partial charge < -0.3 is 13.4 Å². The van der Waals surface area contributed by atoms with E-state index >= 15 is 0 Å². The van der Waals surface area contributed by atoms with Crippen molar-refractivity contribution >= 4 is 59.4 Å². The number of nitrogens with zero attached hydrogens (tertiary/aromatic N) is 6. The minimum atomic E-state index is -3.01. The van der Waals surface area contributed by atoms with Gasteiger partial charge in [-0.3, -0.25) is 4.57 Å². The predicted octanol–water partition coefficient (Wildman–Crippen LogP) is 5.83. The zero-order valence-corrected chi connectivity index (χ0v) is 23.2. The Bertz CT molecular complexity index is 2120. The smallest absolute Gasteiger partial charge is 0.346 e. The van der Waals surface area contributed by atoms with Crippen molar-refractivity contribution in [3.8, 4) is 0 Å². The first-order chi connectivity index (χ1) is 19.6. The second kappa shape index (κ2) is 8.72. The normalized spacial score (nSPS) is 15.0. The highest BCUT2D eigenvalue weighted by Crippen LogP contribution is 2.50. The van der Waals surface area contributed by atoms with Gasteiger partial charge in [0.1, 0.15) is 22.6 Å². The molecule has 5 aromatic rings. The van der Waals surface area contributed by atoms with E-state index in [1.807, 2.05) is 57.5 Å². The lowest BCUT2D eigenvalue weighted by atomic mass is 10.00. The SMILES string of the molecule is CCCP(=O)(CCC)OB1n2c3c4ccccc4c2N=c2c4ccccc4c(n21)=NC1=NC(=N3)c2ccccc21. The molecule has 0 radical (unpaired) electrons. The lowest BCUT2D eigenvalue weighted by molar-refractivity contribution is 0.468. The Balaban J connectivity index is 1.58. The molecule has 0 aliphatic carbocycles. The molecule has 0 fully saturated rings. The summed E-state index contributed by atoms with van der Waals surface area (Å²) in [7, 11) is -3.79. The Morgan fingerprint density at radius 2 is 1.15 bits per heavy atom. The molecule has 0 spiro atoms. The van der Waals surface area contributed by atoms with Gasteiger partial charge in [0, 0.05) is 45.0 Å². The zero-order valence-electron chi connectivity index (χ0n) is 22.3. The predicted molar refractivity (Wildman–Crippen MR) is 161 cm³/mol. The summed E-state index contributed by atoms with van der Waals surface area (Å²) in [5.41, 5.74) is 3.28. The minimum absolute atomic E-state index is 0.509. The fraction of sp³-hybridized carbons (Fsp3) is 0.200. The second-order valence-corrected chi connectivity index (χ2v) is 13.2. The monoisotopic (exact) mass is 544 g/mol. The van der Waals surface area contributed by atoms with Gasteiger partial charge in [-0.2, -0.15) is 0 Å². The number of hydrogen-bond acceptors (Lipinski definition) is 6. The number of benzene rings is 3. The molecule has 3 aliphatic rings. The van der Waals surface area contributed by atoms with E-state index in [-0.39, 0.29) is 0 Å². The zero-order chi connectivity index (χ0) is 27.0. The highest BCUT2D eigenvalue weighted by Gasteiger charge is 2.42. The summed E-state index contributed by atoms with van der Waals surface area (Å²) in [5, 5.41) is 3.80. The van der Waals surface area contributed by atoms with Crippen LogP contribution in [0.25, 0.3) is 21.5 Å². The number of aromatic nitrogens is 2. The molecule has 40 heavy (non-hydrogen) atoms. The molecule has 4 bridgehead atoms. The molecule has 5 heterocycles. The van der Waals surface area contributed by atoms with Crippen molar-refractivity contribution in [3.63, 3.8) is 0 Å². The number of amidine groups is 2. The first-order valence-corrected chi connectivity index (χ1v) is 15.8. The van der Waals surface area contributed by atoms with Crippen LogP contribution in [0.4, 0.5) is 11.6 Å². The van der Waals surface area contributed by atoms with E-state index in [0.717, 1.165) is 56.8 Å². The molecular weight excluding hydrogens is 518 g/mol. The quantitative estimate of drug-likeness (QED) is 0.199. The Hall–Kier alpha value is -4.07. The van der Waals surface area contributed by atoms with Crippen LogP contribution in [0.15, 0.2) is 92.8 Å². The number of hydrogen-bond donors (Lipinski definition) is 0. The van der Waals surface area contributed by atoms with Gasteiger partial charge in [0.2, 0.25) is 0 Å². The van der Waals surface area contributed by atoms with Crippen LogP contribution in [0.1, 0.15) is 37.8 Å². The Labute approximate surface area is 231 Å². The van der Waals surface area contributed by atoms with Crippen molar-refractivity contribution < 1.29 is 9.01 Å². The highest BCUT2D eigenvalue weighted by atomic mass is 31.2. The summed E-state index contributed by atoms with van der Waals surface area (Å²) >= 11 is 0. The summed E-state index contributed by atoms with van der Waals surface area (Å²) in [6.07, 6.45) is 2.56. The molecule has 3 aliphatic heterocycles. The van der Waals surface area contributed by atoms with Gasteiger partial charge in [0.15, 0.2) is 19.0 Å². The second-order valence-electron chi connectivity index (χ2n) is 10.5. The lowest BCUT2D eigenvalue weighted by Gasteiger charge is -2.27. The van der Waals surface area contributed by atoms with E-state index < -0.39 is 14.6 Å². The molecule has 0 saturated carbocycles. The number of aliphatic imine (C=N–C) groups is 2. The van der Waals surface area contributed by atoms with Crippen molar-refractivity contribution in [2.75, 3.05) is 12.3 Å². The summed E-state index contributed by atoms with van der Waals surface area (Å²) < 4.78 is 25.2. The van der Waals surface area contributed by atoms with Crippen LogP contribution in [-0.2, 0) is 9.01 Å². The number of rotatable bonds is 6. The average molecular weight is 544 g/mol. The number of fused-ring (bicyclic) bond motifs is 10. The molecule has 0 atom stereocenters.